The molecule has 0 radical (unpaired) electrons. The standard InChI is InChI=1S/C5H10N2O3S/c1-4-3-7(4)11(10)6-2-5(8)9/h4,6H,2-3H2,1H3,(H,8,9)/t4-,7?,11?/m1/s1. The minimum atomic E-state index is -1.31. The van der Waals surface area contributed by atoms with Crippen LogP contribution in [0.1, 0.15) is 6.92 Å². The Hall–Kier alpha value is -0.460. The minimum absolute atomic E-state index is 0.254. The number of carbonyl (C=O) groups is 1. The van der Waals surface area contributed by atoms with Crippen molar-refractivity contribution in [3.63, 3.8) is 0 Å². The van der Waals surface area contributed by atoms with E-state index in [4.69, 9.17) is 5.11 Å². The zero-order chi connectivity index (χ0) is 8.43. The maximum Gasteiger partial charge on any atom is 0.318 e. The first-order valence-electron chi connectivity index (χ1n) is 3.25. The van der Waals surface area contributed by atoms with E-state index in [2.05, 4.69) is 4.72 Å². The van der Waals surface area contributed by atoms with Crippen LogP contribution in [0.4, 0.5) is 0 Å². The van der Waals surface area contributed by atoms with Gasteiger partial charge in [-0.2, -0.15) is 0 Å². The average Bonchev–Trinajstić information content (AvgIpc) is 2.61. The minimum Gasteiger partial charge on any atom is -0.480 e. The lowest BCUT2D eigenvalue weighted by Gasteiger charge is -2.00. The fraction of sp³-hybridized carbons (Fsp3) is 0.800. The van der Waals surface area contributed by atoms with Crippen LogP contribution in [0.15, 0.2) is 0 Å². The Bertz CT molecular complexity index is 196. The predicted octanol–water partition coefficient (Wildman–Crippen LogP) is -1.06. The van der Waals surface area contributed by atoms with Gasteiger partial charge in [-0.1, -0.05) is 0 Å². The first-order valence-corrected chi connectivity index (χ1v) is 4.35. The highest BCUT2D eigenvalue weighted by molar-refractivity contribution is 7.80. The zero-order valence-electron chi connectivity index (χ0n) is 6.11. The van der Waals surface area contributed by atoms with Crippen molar-refractivity contribution in [2.24, 2.45) is 0 Å². The summed E-state index contributed by atoms with van der Waals surface area (Å²) in [5.41, 5.74) is 0. The quantitative estimate of drug-likeness (QED) is 0.539. The molecular formula is C5H10N2O3S. The Kier molecular flexibility index (Phi) is 2.58. The Labute approximate surface area is 67.1 Å². The van der Waals surface area contributed by atoms with Crippen LogP contribution in [0, 0.1) is 0 Å². The molecular weight excluding hydrogens is 168 g/mol. The summed E-state index contributed by atoms with van der Waals surface area (Å²) in [4.78, 5) is 10.0. The van der Waals surface area contributed by atoms with E-state index in [1.165, 1.54) is 0 Å². The van der Waals surface area contributed by atoms with Gasteiger partial charge < -0.3 is 5.11 Å². The number of hydrogen-bond acceptors (Lipinski definition) is 2. The van der Waals surface area contributed by atoms with Gasteiger partial charge >= 0.3 is 5.97 Å². The van der Waals surface area contributed by atoms with Crippen molar-refractivity contribution in [3.8, 4) is 0 Å². The molecule has 0 saturated carbocycles. The molecule has 0 aromatic carbocycles. The van der Waals surface area contributed by atoms with Gasteiger partial charge in [-0.15, -0.1) is 0 Å². The maximum atomic E-state index is 11.0. The third-order valence-electron chi connectivity index (χ3n) is 1.36. The second-order valence-corrected chi connectivity index (χ2v) is 3.67. The molecule has 0 aromatic rings. The van der Waals surface area contributed by atoms with E-state index < -0.39 is 17.1 Å². The van der Waals surface area contributed by atoms with Gasteiger partial charge in [-0.25, -0.2) is 13.2 Å². The predicted molar refractivity (Wildman–Crippen MR) is 39.9 cm³/mol. The number of rotatable bonds is 4. The van der Waals surface area contributed by atoms with E-state index in [1.54, 1.807) is 4.31 Å². The van der Waals surface area contributed by atoms with Gasteiger partial charge in [0.2, 0.25) is 0 Å². The van der Waals surface area contributed by atoms with E-state index >= 15 is 0 Å². The van der Waals surface area contributed by atoms with Crippen molar-refractivity contribution in [1.29, 1.82) is 0 Å². The van der Waals surface area contributed by atoms with Gasteiger partial charge in [0, 0.05) is 12.6 Å². The van der Waals surface area contributed by atoms with Crippen molar-refractivity contribution in [3.05, 3.63) is 0 Å². The molecule has 0 aliphatic carbocycles. The van der Waals surface area contributed by atoms with E-state index in [9.17, 15) is 9.00 Å². The van der Waals surface area contributed by atoms with Gasteiger partial charge in [0.05, 0.1) is 0 Å². The molecule has 2 unspecified atom stereocenters. The van der Waals surface area contributed by atoms with Crippen molar-refractivity contribution in [1.82, 2.24) is 9.03 Å². The molecule has 64 valence electrons. The lowest BCUT2D eigenvalue weighted by atomic mass is 10.6. The normalized spacial score (nSPS) is 31.4. The number of aliphatic carboxylic acids is 1. The van der Waals surface area contributed by atoms with Gasteiger partial charge in [0.1, 0.15) is 6.54 Å². The summed E-state index contributed by atoms with van der Waals surface area (Å²) in [6.07, 6.45) is 0. The third kappa shape index (κ3) is 2.57. The highest BCUT2D eigenvalue weighted by Gasteiger charge is 2.34. The first-order chi connectivity index (χ1) is 5.11. The van der Waals surface area contributed by atoms with Crippen molar-refractivity contribution in [2.45, 2.75) is 13.0 Å². The monoisotopic (exact) mass is 178 g/mol. The summed E-state index contributed by atoms with van der Waals surface area (Å²) >= 11 is -1.31. The van der Waals surface area contributed by atoms with Crippen LogP contribution in [0.2, 0.25) is 0 Å². The molecule has 1 aliphatic heterocycles. The molecule has 1 rings (SSSR count). The smallest absolute Gasteiger partial charge is 0.318 e. The number of nitrogens with zero attached hydrogens (tertiary/aromatic N) is 1. The van der Waals surface area contributed by atoms with Gasteiger partial charge in [-0.05, 0) is 6.92 Å². The lowest BCUT2D eigenvalue weighted by Crippen LogP contribution is -2.29. The molecule has 5 nitrogen and oxygen atoms in total. The van der Waals surface area contributed by atoms with Crippen LogP contribution in [0.3, 0.4) is 0 Å². The zero-order valence-corrected chi connectivity index (χ0v) is 6.93. The number of nitrogens with one attached hydrogen (secondary N) is 1. The van der Waals surface area contributed by atoms with Crippen LogP contribution in [-0.4, -0.2) is 38.7 Å². The van der Waals surface area contributed by atoms with Crippen molar-refractivity contribution in [2.75, 3.05) is 13.1 Å². The van der Waals surface area contributed by atoms with Crippen molar-refractivity contribution >= 4 is 17.1 Å². The van der Waals surface area contributed by atoms with Crippen LogP contribution in [-0.2, 0) is 16.0 Å². The molecule has 0 aromatic heterocycles. The molecule has 11 heavy (non-hydrogen) atoms. The molecule has 6 heteroatoms. The van der Waals surface area contributed by atoms with E-state index in [0.29, 0.717) is 6.04 Å². The summed E-state index contributed by atoms with van der Waals surface area (Å²) < 4.78 is 15.0. The maximum absolute atomic E-state index is 11.0. The van der Waals surface area contributed by atoms with E-state index in [1.807, 2.05) is 6.92 Å². The highest BCUT2D eigenvalue weighted by Crippen LogP contribution is 2.16. The molecule has 0 bridgehead atoms. The van der Waals surface area contributed by atoms with Gasteiger partial charge in [0.15, 0.2) is 11.2 Å². The average molecular weight is 178 g/mol. The van der Waals surface area contributed by atoms with E-state index in [-0.39, 0.29) is 6.54 Å². The van der Waals surface area contributed by atoms with Gasteiger partial charge in [-0.3, -0.25) is 4.79 Å². The Balaban J connectivity index is 2.17. The second-order valence-electron chi connectivity index (χ2n) is 2.41. The third-order valence-corrected chi connectivity index (χ3v) is 2.69. The topological polar surface area (TPSA) is 69.4 Å². The van der Waals surface area contributed by atoms with Crippen LogP contribution in [0.25, 0.3) is 0 Å². The fourth-order valence-corrected chi connectivity index (χ4v) is 1.74. The number of carboxylic acid groups (broad SMARTS) is 1. The summed E-state index contributed by atoms with van der Waals surface area (Å²) in [6, 6.07) is 0.317. The molecule has 1 aliphatic rings. The molecule has 1 heterocycles. The lowest BCUT2D eigenvalue weighted by molar-refractivity contribution is -0.135. The highest BCUT2D eigenvalue weighted by atomic mass is 32.2. The molecule has 0 amide bonds. The van der Waals surface area contributed by atoms with Crippen LogP contribution in [0.5, 0.6) is 0 Å². The molecule has 3 atom stereocenters. The molecule has 0 spiro atoms. The van der Waals surface area contributed by atoms with Crippen molar-refractivity contribution < 1.29 is 14.1 Å². The summed E-state index contributed by atoms with van der Waals surface area (Å²) in [6.45, 7) is 2.45. The van der Waals surface area contributed by atoms with Crippen LogP contribution >= 0.6 is 0 Å². The SMILES string of the molecule is C[C@@H]1CN1S(=O)NCC(=O)O. The second kappa shape index (κ2) is 3.29. The molecule has 1 saturated heterocycles. The summed E-state index contributed by atoms with van der Waals surface area (Å²) in [5.74, 6) is -0.993. The van der Waals surface area contributed by atoms with Gasteiger partial charge in [0.25, 0.3) is 0 Å². The number of hydrogen-bond donors (Lipinski definition) is 2. The van der Waals surface area contributed by atoms with E-state index in [0.717, 1.165) is 6.54 Å². The first kappa shape index (κ1) is 8.63. The Morgan fingerprint density at radius 2 is 2.45 bits per heavy atom. The fourth-order valence-electron chi connectivity index (χ4n) is 0.651. The van der Waals surface area contributed by atoms with Crippen LogP contribution < -0.4 is 4.72 Å². The molecule has 2 N–H and O–H groups in total. The Morgan fingerprint density at radius 1 is 1.91 bits per heavy atom. The summed E-state index contributed by atoms with van der Waals surface area (Å²) in [7, 11) is 0. The largest absolute Gasteiger partial charge is 0.480 e. The molecule has 1 fully saturated rings. The Morgan fingerprint density at radius 3 is 2.82 bits per heavy atom. The number of carboxylic acids is 1. The summed E-state index contributed by atoms with van der Waals surface area (Å²) in [5, 5.41) is 8.21.